The number of rotatable bonds is 4. The van der Waals surface area contributed by atoms with E-state index in [1.165, 1.54) is 13.2 Å². The molecule has 0 N–H and O–H groups in total. The lowest BCUT2D eigenvalue weighted by molar-refractivity contribution is -0.144. The highest BCUT2D eigenvalue weighted by molar-refractivity contribution is 5.95. The van der Waals surface area contributed by atoms with Crippen LogP contribution in [0.4, 0.5) is 4.79 Å². The third kappa shape index (κ3) is 5.08. The summed E-state index contributed by atoms with van der Waals surface area (Å²) < 4.78 is 15.3. The molecular formula is C19H23NO6. The molecule has 0 radical (unpaired) electrons. The summed E-state index contributed by atoms with van der Waals surface area (Å²) in [7, 11) is 1.22. The first kappa shape index (κ1) is 19.5. The van der Waals surface area contributed by atoms with Gasteiger partial charge in [0.25, 0.3) is 0 Å². The van der Waals surface area contributed by atoms with Crippen LogP contribution in [0.1, 0.15) is 26.3 Å². The van der Waals surface area contributed by atoms with Crippen LogP contribution in [0.5, 0.6) is 0 Å². The molecule has 0 aliphatic carbocycles. The molecule has 7 nitrogen and oxygen atoms in total. The second kappa shape index (κ2) is 8.03. The van der Waals surface area contributed by atoms with Crippen molar-refractivity contribution in [3.05, 3.63) is 47.5 Å². The fourth-order valence-electron chi connectivity index (χ4n) is 2.38. The Bertz CT molecular complexity index is 704. The first-order valence-corrected chi connectivity index (χ1v) is 8.20. The van der Waals surface area contributed by atoms with Gasteiger partial charge in [-0.05, 0) is 32.4 Å². The summed E-state index contributed by atoms with van der Waals surface area (Å²) in [5, 5.41) is 0. The molecule has 7 heteroatoms. The molecule has 1 amide bonds. The highest BCUT2D eigenvalue weighted by Crippen LogP contribution is 2.22. The van der Waals surface area contributed by atoms with E-state index < -0.39 is 29.7 Å². The molecule has 0 bridgehead atoms. The van der Waals surface area contributed by atoms with E-state index in [0.717, 1.165) is 10.5 Å². The average Bonchev–Trinajstić information content (AvgIpc) is 3.04. The average molecular weight is 361 g/mol. The van der Waals surface area contributed by atoms with E-state index in [9.17, 15) is 14.4 Å². The lowest BCUT2D eigenvalue weighted by Crippen LogP contribution is -2.44. The maximum Gasteiger partial charge on any atom is 0.411 e. The zero-order valence-electron chi connectivity index (χ0n) is 15.4. The SMILES string of the molecule is COC(=O)[C@@H]1C=C(C(=O)OCc2ccccc2)CN1C(=O)OC(C)(C)C. The summed E-state index contributed by atoms with van der Waals surface area (Å²) in [6.07, 6.45) is 0.679. The fourth-order valence-corrected chi connectivity index (χ4v) is 2.38. The molecule has 1 aliphatic heterocycles. The van der Waals surface area contributed by atoms with Crippen LogP contribution >= 0.6 is 0 Å². The molecule has 1 aromatic rings. The number of nitrogens with zero attached hydrogens (tertiary/aromatic N) is 1. The molecule has 140 valence electrons. The zero-order chi connectivity index (χ0) is 19.3. The van der Waals surface area contributed by atoms with E-state index in [1.807, 2.05) is 30.3 Å². The van der Waals surface area contributed by atoms with Crippen molar-refractivity contribution in [1.82, 2.24) is 4.90 Å². The minimum Gasteiger partial charge on any atom is -0.467 e. The van der Waals surface area contributed by atoms with Gasteiger partial charge in [-0.2, -0.15) is 0 Å². The Kier molecular flexibility index (Phi) is 6.02. The van der Waals surface area contributed by atoms with Crippen LogP contribution in [-0.4, -0.2) is 48.2 Å². The van der Waals surface area contributed by atoms with Gasteiger partial charge in [0.2, 0.25) is 0 Å². The van der Waals surface area contributed by atoms with Gasteiger partial charge in [-0.3, -0.25) is 4.90 Å². The molecule has 26 heavy (non-hydrogen) atoms. The standard InChI is InChI=1S/C19H23NO6/c1-19(2,3)26-18(23)20-11-14(10-15(20)17(22)24-4)16(21)25-12-13-8-6-5-7-9-13/h5-10,15H,11-12H2,1-4H3/t15-/m0/s1. The zero-order valence-corrected chi connectivity index (χ0v) is 15.4. The van der Waals surface area contributed by atoms with Gasteiger partial charge in [-0.1, -0.05) is 30.3 Å². The Morgan fingerprint density at radius 3 is 2.38 bits per heavy atom. The van der Waals surface area contributed by atoms with Crippen molar-refractivity contribution in [2.24, 2.45) is 0 Å². The molecule has 0 saturated carbocycles. The third-order valence-corrected chi connectivity index (χ3v) is 3.58. The van der Waals surface area contributed by atoms with E-state index in [2.05, 4.69) is 0 Å². The Morgan fingerprint density at radius 2 is 1.81 bits per heavy atom. The van der Waals surface area contributed by atoms with Gasteiger partial charge in [-0.15, -0.1) is 0 Å². The molecule has 0 unspecified atom stereocenters. The van der Waals surface area contributed by atoms with Crippen LogP contribution in [0.3, 0.4) is 0 Å². The van der Waals surface area contributed by atoms with Crippen molar-refractivity contribution >= 4 is 18.0 Å². The number of ether oxygens (including phenoxy) is 3. The Morgan fingerprint density at radius 1 is 1.15 bits per heavy atom. The summed E-state index contributed by atoms with van der Waals surface area (Å²) >= 11 is 0. The predicted molar refractivity (Wildman–Crippen MR) is 93.1 cm³/mol. The summed E-state index contributed by atoms with van der Waals surface area (Å²) in [5.74, 6) is -1.24. The Labute approximate surface area is 152 Å². The number of benzene rings is 1. The minimum absolute atomic E-state index is 0.0810. The van der Waals surface area contributed by atoms with Gasteiger partial charge in [0.05, 0.1) is 19.2 Å². The molecule has 0 fully saturated rings. The molecule has 1 aliphatic rings. The van der Waals surface area contributed by atoms with Gasteiger partial charge in [0.15, 0.2) is 6.04 Å². The van der Waals surface area contributed by atoms with E-state index in [1.54, 1.807) is 20.8 Å². The smallest absolute Gasteiger partial charge is 0.411 e. The number of carbonyl (C=O) groups excluding carboxylic acids is 3. The quantitative estimate of drug-likeness (QED) is 0.605. The normalized spacial score (nSPS) is 16.7. The molecular weight excluding hydrogens is 338 g/mol. The topological polar surface area (TPSA) is 82.1 Å². The second-order valence-corrected chi connectivity index (χ2v) is 6.83. The van der Waals surface area contributed by atoms with Gasteiger partial charge in [0, 0.05) is 0 Å². The summed E-state index contributed by atoms with van der Waals surface area (Å²) in [6.45, 7) is 5.18. The maximum atomic E-state index is 12.3. The van der Waals surface area contributed by atoms with E-state index in [4.69, 9.17) is 14.2 Å². The molecule has 1 aromatic carbocycles. The summed E-state index contributed by atoms with van der Waals surface area (Å²) in [6, 6.07) is 8.20. The molecule has 0 aromatic heterocycles. The van der Waals surface area contributed by atoms with Crippen LogP contribution in [-0.2, 0) is 30.4 Å². The Hall–Kier alpha value is -2.83. The lowest BCUT2D eigenvalue weighted by Gasteiger charge is -2.27. The third-order valence-electron chi connectivity index (χ3n) is 3.58. The van der Waals surface area contributed by atoms with Crippen molar-refractivity contribution in [2.75, 3.05) is 13.7 Å². The Balaban J connectivity index is 2.07. The van der Waals surface area contributed by atoms with E-state index in [-0.39, 0.29) is 18.7 Å². The van der Waals surface area contributed by atoms with Gasteiger partial charge < -0.3 is 14.2 Å². The molecule has 0 spiro atoms. The number of hydrogen-bond acceptors (Lipinski definition) is 6. The van der Waals surface area contributed by atoms with Crippen LogP contribution in [0.25, 0.3) is 0 Å². The van der Waals surface area contributed by atoms with E-state index >= 15 is 0 Å². The second-order valence-electron chi connectivity index (χ2n) is 6.83. The van der Waals surface area contributed by atoms with Crippen LogP contribution < -0.4 is 0 Å². The van der Waals surface area contributed by atoms with Crippen molar-refractivity contribution < 1.29 is 28.6 Å². The van der Waals surface area contributed by atoms with Crippen molar-refractivity contribution in [1.29, 1.82) is 0 Å². The van der Waals surface area contributed by atoms with Crippen molar-refractivity contribution in [2.45, 2.75) is 39.0 Å². The van der Waals surface area contributed by atoms with Gasteiger partial charge in [-0.25, -0.2) is 14.4 Å². The maximum absolute atomic E-state index is 12.3. The monoisotopic (exact) mass is 361 g/mol. The van der Waals surface area contributed by atoms with Gasteiger partial charge in [0.1, 0.15) is 12.2 Å². The van der Waals surface area contributed by atoms with Crippen LogP contribution in [0, 0.1) is 0 Å². The summed E-state index contributed by atoms with van der Waals surface area (Å²) in [4.78, 5) is 37.8. The molecule has 0 saturated heterocycles. The highest BCUT2D eigenvalue weighted by atomic mass is 16.6. The molecule has 2 rings (SSSR count). The first-order chi connectivity index (χ1) is 12.2. The number of methoxy groups -OCH3 is 1. The van der Waals surface area contributed by atoms with Crippen molar-refractivity contribution in [3.8, 4) is 0 Å². The minimum atomic E-state index is -1.02. The van der Waals surface area contributed by atoms with Gasteiger partial charge >= 0.3 is 18.0 Å². The molecule has 1 heterocycles. The van der Waals surface area contributed by atoms with E-state index in [0.29, 0.717) is 0 Å². The van der Waals surface area contributed by atoms with Crippen LogP contribution in [0.15, 0.2) is 42.0 Å². The number of esters is 2. The predicted octanol–water partition coefficient (Wildman–Crippen LogP) is 2.45. The largest absolute Gasteiger partial charge is 0.467 e. The highest BCUT2D eigenvalue weighted by Gasteiger charge is 2.39. The van der Waals surface area contributed by atoms with Crippen molar-refractivity contribution in [3.63, 3.8) is 0 Å². The number of carbonyl (C=O) groups is 3. The molecule has 1 atom stereocenters. The first-order valence-electron chi connectivity index (χ1n) is 8.20. The fraction of sp³-hybridized carbons (Fsp3) is 0.421. The van der Waals surface area contributed by atoms with Crippen LogP contribution in [0.2, 0.25) is 0 Å². The lowest BCUT2D eigenvalue weighted by atomic mass is 10.2. The summed E-state index contributed by atoms with van der Waals surface area (Å²) in [5.41, 5.74) is 0.323. The number of amides is 1. The number of hydrogen-bond donors (Lipinski definition) is 0.